The van der Waals surface area contributed by atoms with Crippen molar-refractivity contribution in [3.05, 3.63) is 23.8 Å². The molecule has 1 aromatic carbocycles. The number of carboxylic acid groups (broad SMARTS) is 1. The smallest absolute Gasteiger partial charge is 0.428 e. The third kappa shape index (κ3) is 5.57. The van der Waals surface area contributed by atoms with E-state index in [2.05, 4.69) is 10.4 Å². The third-order valence-electron chi connectivity index (χ3n) is 5.91. The van der Waals surface area contributed by atoms with Crippen LogP contribution in [0.25, 0.3) is 11.0 Å². The van der Waals surface area contributed by atoms with Gasteiger partial charge < -0.3 is 24.2 Å². The van der Waals surface area contributed by atoms with Gasteiger partial charge in [0.1, 0.15) is 17.2 Å². The highest BCUT2D eigenvalue weighted by atomic mass is 19.1. The van der Waals surface area contributed by atoms with Crippen LogP contribution in [0.1, 0.15) is 45.5 Å². The van der Waals surface area contributed by atoms with Crippen LogP contribution in [0.2, 0.25) is 0 Å². The summed E-state index contributed by atoms with van der Waals surface area (Å²) in [7, 11) is 1.40. The summed E-state index contributed by atoms with van der Waals surface area (Å²) in [6, 6.07) is 3.27. The zero-order chi connectivity index (χ0) is 25.5. The minimum absolute atomic E-state index is 0.0907. The number of nitrogens with one attached hydrogen (secondary N) is 1. The van der Waals surface area contributed by atoms with Crippen molar-refractivity contribution >= 4 is 34.8 Å². The molecule has 1 aromatic heterocycles. The number of carbonyl (C=O) groups is 3. The lowest BCUT2D eigenvalue weighted by atomic mass is 10.2. The van der Waals surface area contributed by atoms with Crippen LogP contribution in [0.3, 0.4) is 0 Å². The Kier molecular flexibility index (Phi) is 6.48. The summed E-state index contributed by atoms with van der Waals surface area (Å²) in [4.78, 5) is 43.7. The molecule has 2 aromatic rings. The molecule has 2 heterocycles. The number of amides is 3. The van der Waals surface area contributed by atoms with Gasteiger partial charge in [-0.25, -0.2) is 24.0 Å². The summed E-state index contributed by atoms with van der Waals surface area (Å²) in [6.45, 7) is 6.57. The summed E-state index contributed by atoms with van der Waals surface area (Å²) in [5.41, 5.74) is 3.38. The molecule has 35 heavy (non-hydrogen) atoms. The molecule has 0 spiro atoms. The van der Waals surface area contributed by atoms with Gasteiger partial charge in [0.15, 0.2) is 0 Å². The summed E-state index contributed by atoms with van der Waals surface area (Å²) in [6.07, 6.45) is 0.111. The van der Waals surface area contributed by atoms with Crippen molar-refractivity contribution in [2.24, 2.45) is 0 Å². The zero-order valence-electron chi connectivity index (χ0n) is 20.4. The number of piperazine rings is 1. The maximum Gasteiger partial charge on any atom is 0.428 e. The SMILES string of the molecule is CN(NC(=O)Cc1nc2cc(F)c(N3CCN(C(=O)O)CC3)cc2n1C1CC1)C(=O)OC(C)(C)C. The summed E-state index contributed by atoms with van der Waals surface area (Å²) >= 11 is 0. The van der Waals surface area contributed by atoms with Gasteiger partial charge in [-0.15, -0.1) is 0 Å². The highest BCUT2D eigenvalue weighted by Gasteiger charge is 2.31. The maximum absolute atomic E-state index is 15.0. The molecule has 1 aliphatic heterocycles. The Morgan fingerprint density at radius 2 is 1.86 bits per heavy atom. The second-order valence-electron chi connectivity index (χ2n) is 9.93. The molecular weight excluding hydrogens is 459 g/mol. The van der Waals surface area contributed by atoms with Gasteiger partial charge in [0.25, 0.3) is 0 Å². The van der Waals surface area contributed by atoms with Crippen molar-refractivity contribution in [2.45, 2.75) is 51.7 Å². The van der Waals surface area contributed by atoms with E-state index >= 15 is 4.39 Å². The Morgan fingerprint density at radius 3 is 2.43 bits per heavy atom. The lowest BCUT2D eigenvalue weighted by Gasteiger charge is -2.34. The van der Waals surface area contributed by atoms with Crippen LogP contribution >= 0.6 is 0 Å². The van der Waals surface area contributed by atoms with Gasteiger partial charge in [-0.3, -0.25) is 10.2 Å². The van der Waals surface area contributed by atoms with E-state index in [1.54, 1.807) is 26.8 Å². The highest BCUT2D eigenvalue weighted by Crippen LogP contribution is 2.40. The summed E-state index contributed by atoms with van der Waals surface area (Å²) < 4.78 is 22.2. The van der Waals surface area contributed by atoms with Crippen molar-refractivity contribution in [3.63, 3.8) is 0 Å². The Balaban J connectivity index is 1.54. The van der Waals surface area contributed by atoms with Crippen LogP contribution in [0, 0.1) is 5.82 Å². The number of benzene rings is 1. The van der Waals surface area contributed by atoms with Crippen LogP contribution in [0.4, 0.5) is 19.7 Å². The first-order chi connectivity index (χ1) is 16.4. The first-order valence-electron chi connectivity index (χ1n) is 11.6. The molecular formula is C23H31FN6O5. The van der Waals surface area contributed by atoms with Gasteiger partial charge in [-0.1, -0.05) is 0 Å². The number of hydrogen-bond acceptors (Lipinski definition) is 6. The number of hydrogen-bond donors (Lipinski definition) is 2. The average Bonchev–Trinajstić information content (AvgIpc) is 3.53. The molecule has 2 fully saturated rings. The number of fused-ring (bicyclic) bond motifs is 1. The number of aromatic nitrogens is 2. The van der Waals surface area contributed by atoms with E-state index in [9.17, 15) is 14.4 Å². The van der Waals surface area contributed by atoms with Crippen molar-refractivity contribution in [1.82, 2.24) is 24.9 Å². The number of nitrogens with zero attached hydrogens (tertiary/aromatic N) is 5. The number of ether oxygens (including phenoxy) is 1. The summed E-state index contributed by atoms with van der Waals surface area (Å²) in [5, 5.41) is 10.2. The molecule has 190 valence electrons. The normalized spacial score (nSPS) is 16.4. The fourth-order valence-corrected chi connectivity index (χ4v) is 4.15. The Hall–Kier alpha value is -3.57. The largest absolute Gasteiger partial charge is 0.465 e. The van der Waals surface area contributed by atoms with E-state index < -0.39 is 29.5 Å². The van der Waals surface area contributed by atoms with E-state index in [-0.39, 0.29) is 12.5 Å². The monoisotopic (exact) mass is 490 g/mol. The van der Waals surface area contributed by atoms with Crippen molar-refractivity contribution in [2.75, 3.05) is 38.1 Å². The van der Waals surface area contributed by atoms with E-state index in [4.69, 9.17) is 9.84 Å². The third-order valence-corrected chi connectivity index (χ3v) is 5.91. The molecule has 12 heteroatoms. The van der Waals surface area contributed by atoms with Gasteiger partial charge in [0, 0.05) is 45.3 Å². The molecule has 0 unspecified atom stereocenters. The Bertz CT molecular complexity index is 1150. The van der Waals surface area contributed by atoms with E-state index in [0.717, 1.165) is 23.4 Å². The molecule has 0 radical (unpaired) electrons. The number of anilines is 1. The molecule has 0 bridgehead atoms. The van der Waals surface area contributed by atoms with Crippen LogP contribution in [0.15, 0.2) is 12.1 Å². The predicted octanol–water partition coefficient (Wildman–Crippen LogP) is 2.75. The number of halogens is 1. The van der Waals surface area contributed by atoms with E-state index in [1.165, 1.54) is 18.0 Å². The number of rotatable bonds is 4. The maximum atomic E-state index is 15.0. The number of hydrazine groups is 1. The van der Waals surface area contributed by atoms with Gasteiger partial charge in [-0.2, -0.15) is 0 Å². The topological polar surface area (TPSA) is 120 Å². The zero-order valence-corrected chi connectivity index (χ0v) is 20.4. The standard InChI is InChI=1S/C23H31FN6O5/c1-23(2,3)35-22(34)27(4)26-20(31)13-19-25-16-11-15(24)17(12-18(16)30(19)14-5-6-14)28-7-9-29(10-8-28)21(32)33/h11-12,14H,5-10,13H2,1-4H3,(H,26,31)(H,32,33). The molecule has 2 aliphatic rings. The molecule has 4 rings (SSSR count). The minimum Gasteiger partial charge on any atom is -0.465 e. The quantitative estimate of drug-likeness (QED) is 0.633. The summed E-state index contributed by atoms with van der Waals surface area (Å²) in [5.74, 6) is -0.395. The van der Waals surface area contributed by atoms with Crippen LogP contribution in [0.5, 0.6) is 0 Å². The Labute approximate surface area is 202 Å². The number of carbonyl (C=O) groups excluding carboxylic acids is 2. The van der Waals surface area contributed by atoms with Crippen LogP contribution in [-0.2, 0) is 16.0 Å². The molecule has 11 nitrogen and oxygen atoms in total. The molecule has 2 N–H and O–H groups in total. The first-order valence-corrected chi connectivity index (χ1v) is 11.6. The fraction of sp³-hybridized carbons (Fsp3) is 0.565. The lowest BCUT2D eigenvalue weighted by molar-refractivity contribution is -0.124. The van der Waals surface area contributed by atoms with Crippen molar-refractivity contribution in [1.29, 1.82) is 0 Å². The van der Waals surface area contributed by atoms with Gasteiger partial charge >= 0.3 is 12.2 Å². The van der Waals surface area contributed by atoms with Gasteiger partial charge in [0.2, 0.25) is 5.91 Å². The second-order valence-corrected chi connectivity index (χ2v) is 9.93. The lowest BCUT2D eigenvalue weighted by Crippen LogP contribution is -2.48. The molecule has 1 saturated heterocycles. The van der Waals surface area contributed by atoms with Crippen molar-refractivity contribution in [3.8, 4) is 0 Å². The van der Waals surface area contributed by atoms with Crippen molar-refractivity contribution < 1.29 is 28.6 Å². The van der Waals surface area contributed by atoms with E-state index in [1.807, 2.05) is 9.47 Å². The van der Waals surface area contributed by atoms with Crippen LogP contribution < -0.4 is 10.3 Å². The second kappa shape index (κ2) is 9.23. The van der Waals surface area contributed by atoms with E-state index in [0.29, 0.717) is 43.2 Å². The van der Waals surface area contributed by atoms with Crippen LogP contribution in [-0.4, -0.2) is 81.5 Å². The fourth-order valence-electron chi connectivity index (χ4n) is 4.15. The molecule has 1 aliphatic carbocycles. The molecule has 1 saturated carbocycles. The highest BCUT2D eigenvalue weighted by molar-refractivity contribution is 5.84. The average molecular weight is 491 g/mol. The van der Waals surface area contributed by atoms with Gasteiger partial charge in [-0.05, 0) is 39.7 Å². The minimum atomic E-state index is -0.979. The molecule has 3 amide bonds. The van der Waals surface area contributed by atoms with Gasteiger partial charge in [0.05, 0.1) is 23.1 Å². The number of imidazole rings is 1. The molecule has 0 atom stereocenters. The predicted molar refractivity (Wildman–Crippen MR) is 126 cm³/mol. The first kappa shape index (κ1) is 24.6. The Morgan fingerprint density at radius 1 is 1.20 bits per heavy atom.